The average Bonchev–Trinajstić information content (AvgIpc) is 3.19. The van der Waals surface area contributed by atoms with Gasteiger partial charge >= 0.3 is 0 Å². The van der Waals surface area contributed by atoms with Crippen molar-refractivity contribution in [2.75, 3.05) is 6.54 Å². The maximum absolute atomic E-state index is 12.3. The molecule has 2 heterocycles. The van der Waals surface area contributed by atoms with E-state index in [2.05, 4.69) is 15.5 Å². The molecule has 0 spiro atoms. The lowest BCUT2D eigenvalue weighted by atomic mass is 9.79. The summed E-state index contributed by atoms with van der Waals surface area (Å²) < 4.78 is 5.49. The highest BCUT2D eigenvalue weighted by Crippen LogP contribution is 2.39. The molecule has 0 aliphatic heterocycles. The van der Waals surface area contributed by atoms with E-state index in [1.165, 1.54) is 32.1 Å². The SMILES string of the molecule is Cc1cc(-c2cnc(C)nc2C2CCC(CNC(=O)CC3CCCCC3)CC2)on1. The van der Waals surface area contributed by atoms with Crippen LogP contribution in [0.1, 0.15) is 87.3 Å². The second kappa shape index (κ2) is 9.71. The summed E-state index contributed by atoms with van der Waals surface area (Å²) in [6, 6.07) is 1.95. The molecule has 2 aromatic heterocycles. The van der Waals surface area contributed by atoms with Crippen molar-refractivity contribution in [2.24, 2.45) is 11.8 Å². The summed E-state index contributed by atoms with van der Waals surface area (Å²) in [6.07, 6.45) is 13.4. The van der Waals surface area contributed by atoms with Gasteiger partial charge in [-0.1, -0.05) is 24.4 Å². The van der Waals surface area contributed by atoms with Crippen LogP contribution in [0.2, 0.25) is 0 Å². The number of amides is 1. The lowest BCUT2D eigenvalue weighted by Gasteiger charge is -2.29. The van der Waals surface area contributed by atoms with Crippen LogP contribution in [0.25, 0.3) is 11.3 Å². The molecule has 1 N–H and O–H groups in total. The van der Waals surface area contributed by atoms with Gasteiger partial charge in [0.2, 0.25) is 5.91 Å². The molecule has 1 amide bonds. The number of hydrogen-bond donors (Lipinski definition) is 1. The normalized spacial score (nSPS) is 22.7. The molecule has 2 fully saturated rings. The van der Waals surface area contributed by atoms with Gasteiger partial charge < -0.3 is 9.84 Å². The first-order valence-electron chi connectivity index (χ1n) is 11.6. The van der Waals surface area contributed by atoms with Crippen LogP contribution in [-0.2, 0) is 4.79 Å². The Bertz CT molecular complexity index is 849. The molecule has 0 radical (unpaired) electrons. The van der Waals surface area contributed by atoms with Crippen LogP contribution >= 0.6 is 0 Å². The van der Waals surface area contributed by atoms with Crippen LogP contribution in [0.3, 0.4) is 0 Å². The smallest absolute Gasteiger partial charge is 0.220 e. The molecule has 30 heavy (non-hydrogen) atoms. The minimum absolute atomic E-state index is 0.249. The summed E-state index contributed by atoms with van der Waals surface area (Å²) in [5, 5.41) is 7.24. The first-order valence-corrected chi connectivity index (χ1v) is 11.6. The molecule has 2 aromatic rings. The second-order valence-electron chi connectivity index (χ2n) is 9.28. The van der Waals surface area contributed by atoms with Crippen molar-refractivity contribution in [2.45, 2.75) is 84.0 Å². The zero-order chi connectivity index (χ0) is 20.9. The van der Waals surface area contributed by atoms with Gasteiger partial charge in [-0.2, -0.15) is 0 Å². The number of aromatic nitrogens is 3. The number of carbonyl (C=O) groups is 1. The number of aryl methyl sites for hydroxylation is 2. The topological polar surface area (TPSA) is 80.9 Å². The molecular weight excluding hydrogens is 376 g/mol. The van der Waals surface area contributed by atoms with Gasteiger partial charge in [0.05, 0.1) is 17.0 Å². The third-order valence-electron chi connectivity index (χ3n) is 6.85. The summed E-state index contributed by atoms with van der Waals surface area (Å²) in [7, 11) is 0. The Balaban J connectivity index is 1.30. The molecule has 2 aliphatic carbocycles. The van der Waals surface area contributed by atoms with E-state index in [9.17, 15) is 4.79 Å². The highest BCUT2D eigenvalue weighted by atomic mass is 16.5. The molecule has 6 heteroatoms. The Morgan fingerprint density at radius 3 is 2.53 bits per heavy atom. The van der Waals surface area contributed by atoms with Gasteiger partial charge in [-0.05, 0) is 64.2 Å². The monoisotopic (exact) mass is 410 g/mol. The fourth-order valence-electron chi connectivity index (χ4n) is 5.10. The van der Waals surface area contributed by atoms with Gasteiger partial charge in [-0.25, -0.2) is 9.97 Å². The number of nitrogens with one attached hydrogen (secondary N) is 1. The first kappa shape index (κ1) is 21.0. The molecule has 2 saturated carbocycles. The van der Waals surface area contributed by atoms with E-state index >= 15 is 0 Å². The number of nitrogens with zero attached hydrogens (tertiary/aromatic N) is 3. The number of carbonyl (C=O) groups excluding carboxylic acids is 1. The molecule has 0 saturated heterocycles. The van der Waals surface area contributed by atoms with E-state index in [1.807, 2.05) is 26.1 Å². The Hall–Kier alpha value is -2.24. The summed E-state index contributed by atoms with van der Waals surface area (Å²) >= 11 is 0. The second-order valence-corrected chi connectivity index (χ2v) is 9.28. The standard InChI is InChI=1S/C24H34N4O2/c1-16-12-22(30-28-16)21-15-25-17(2)27-24(21)20-10-8-19(9-11-20)14-26-23(29)13-18-6-4-3-5-7-18/h12,15,18-20H,3-11,13-14H2,1-2H3,(H,26,29). The predicted octanol–water partition coefficient (Wildman–Crippen LogP) is 5.11. The number of hydrogen-bond acceptors (Lipinski definition) is 5. The Morgan fingerprint density at radius 2 is 1.83 bits per heavy atom. The van der Waals surface area contributed by atoms with Gasteiger partial charge in [0, 0.05) is 31.1 Å². The molecular formula is C24H34N4O2. The lowest BCUT2D eigenvalue weighted by Crippen LogP contribution is -2.32. The van der Waals surface area contributed by atoms with Gasteiger partial charge in [0.1, 0.15) is 5.82 Å². The fourth-order valence-corrected chi connectivity index (χ4v) is 5.10. The van der Waals surface area contributed by atoms with Gasteiger partial charge in [0.25, 0.3) is 0 Å². The van der Waals surface area contributed by atoms with Crippen molar-refractivity contribution in [1.29, 1.82) is 0 Å². The highest BCUT2D eigenvalue weighted by Gasteiger charge is 2.27. The van der Waals surface area contributed by atoms with Crippen molar-refractivity contribution in [3.8, 4) is 11.3 Å². The van der Waals surface area contributed by atoms with Gasteiger partial charge in [0.15, 0.2) is 5.76 Å². The molecule has 162 valence electrons. The maximum atomic E-state index is 12.3. The highest BCUT2D eigenvalue weighted by molar-refractivity contribution is 5.76. The minimum atomic E-state index is 0.249. The minimum Gasteiger partial charge on any atom is -0.356 e. The van der Waals surface area contributed by atoms with Crippen LogP contribution in [0.5, 0.6) is 0 Å². The van der Waals surface area contributed by atoms with E-state index in [-0.39, 0.29) is 5.91 Å². The summed E-state index contributed by atoms with van der Waals surface area (Å²) in [5.74, 6) is 3.37. The van der Waals surface area contributed by atoms with Crippen LogP contribution in [0.15, 0.2) is 16.8 Å². The van der Waals surface area contributed by atoms with Crippen LogP contribution in [0.4, 0.5) is 0 Å². The van der Waals surface area contributed by atoms with Crippen molar-refractivity contribution < 1.29 is 9.32 Å². The van der Waals surface area contributed by atoms with E-state index in [0.717, 1.165) is 67.2 Å². The molecule has 2 aliphatic rings. The van der Waals surface area contributed by atoms with Crippen molar-refractivity contribution in [3.63, 3.8) is 0 Å². The van der Waals surface area contributed by atoms with Crippen LogP contribution in [-0.4, -0.2) is 27.6 Å². The Morgan fingerprint density at radius 1 is 1.07 bits per heavy atom. The van der Waals surface area contributed by atoms with Crippen LogP contribution < -0.4 is 5.32 Å². The molecule has 6 nitrogen and oxygen atoms in total. The molecule has 0 atom stereocenters. The van der Waals surface area contributed by atoms with E-state index in [0.29, 0.717) is 17.8 Å². The predicted molar refractivity (Wildman–Crippen MR) is 116 cm³/mol. The first-order chi connectivity index (χ1) is 14.6. The van der Waals surface area contributed by atoms with Crippen molar-refractivity contribution in [1.82, 2.24) is 20.4 Å². The quantitative estimate of drug-likeness (QED) is 0.716. The van der Waals surface area contributed by atoms with E-state index in [1.54, 1.807) is 0 Å². The van der Waals surface area contributed by atoms with Crippen molar-refractivity contribution in [3.05, 3.63) is 29.5 Å². The van der Waals surface area contributed by atoms with E-state index < -0.39 is 0 Å². The maximum Gasteiger partial charge on any atom is 0.220 e. The lowest BCUT2D eigenvalue weighted by molar-refractivity contribution is -0.122. The third-order valence-corrected chi connectivity index (χ3v) is 6.85. The van der Waals surface area contributed by atoms with Gasteiger partial charge in [-0.15, -0.1) is 0 Å². The molecule has 0 unspecified atom stereocenters. The summed E-state index contributed by atoms with van der Waals surface area (Å²) in [6.45, 7) is 4.68. The molecule has 0 aromatic carbocycles. The Labute approximate surface area is 179 Å². The molecule has 4 rings (SSSR count). The number of rotatable bonds is 6. The fraction of sp³-hybridized carbons (Fsp3) is 0.667. The third kappa shape index (κ3) is 5.27. The summed E-state index contributed by atoms with van der Waals surface area (Å²) in [5.41, 5.74) is 2.91. The van der Waals surface area contributed by atoms with Crippen molar-refractivity contribution >= 4 is 5.91 Å². The zero-order valence-corrected chi connectivity index (χ0v) is 18.3. The van der Waals surface area contributed by atoms with E-state index in [4.69, 9.17) is 9.51 Å². The summed E-state index contributed by atoms with van der Waals surface area (Å²) in [4.78, 5) is 21.5. The van der Waals surface area contributed by atoms with Crippen LogP contribution in [0, 0.1) is 25.7 Å². The largest absolute Gasteiger partial charge is 0.356 e. The molecule has 0 bridgehead atoms. The zero-order valence-electron chi connectivity index (χ0n) is 18.3. The average molecular weight is 411 g/mol. The van der Waals surface area contributed by atoms with Gasteiger partial charge in [-0.3, -0.25) is 4.79 Å². The Kier molecular flexibility index (Phi) is 6.80.